The van der Waals surface area contributed by atoms with Gasteiger partial charge in [0.05, 0.1) is 0 Å². The predicted molar refractivity (Wildman–Crippen MR) is 70.8 cm³/mol. The Kier molecular flexibility index (Phi) is 2.88. The minimum atomic E-state index is 0.672. The molecule has 0 radical (unpaired) electrons. The Hall–Kier alpha value is -1.47. The Balaban J connectivity index is 2.59. The molecule has 0 unspecified atom stereocenters. The summed E-state index contributed by atoms with van der Waals surface area (Å²) >= 11 is 5.89. The van der Waals surface area contributed by atoms with Crippen molar-refractivity contribution in [3.05, 3.63) is 52.5 Å². The van der Waals surface area contributed by atoms with E-state index in [0.717, 1.165) is 11.3 Å². The van der Waals surface area contributed by atoms with E-state index in [1.807, 2.05) is 12.1 Å². The van der Waals surface area contributed by atoms with E-state index in [4.69, 9.17) is 17.3 Å². The molecule has 0 spiro atoms. The van der Waals surface area contributed by atoms with Crippen LogP contribution in [-0.2, 0) is 0 Å². The normalized spacial score (nSPS) is 10.4. The van der Waals surface area contributed by atoms with Gasteiger partial charge in [-0.15, -0.1) is 0 Å². The number of nitrogen functional groups attached to an aromatic ring is 1. The zero-order valence-corrected chi connectivity index (χ0v) is 10.2. The molecule has 0 heterocycles. The summed E-state index contributed by atoms with van der Waals surface area (Å²) < 4.78 is 0. The van der Waals surface area contributed by atoms with Crippen molar-refractivity contribution >= 4 is 17.3 Å². The molecule has 0 saturated heterocycles. The van der Waals surface area contributed by atoms with Crippen molar-refractivity contribution in [1.29, 1.82) is 0 Å². The highest BCUT2D eigenvalue weighted by Gasteiger charge is 2.05. The van der Waals surface area contributed by atoms with Crippen molar-refractivity contribution in [3.63, 3.8) is 0 Å². The molecule has 0 aromatic heterocycles. The minimum absolute atomic E-state index is 0.672. The van der Waals surface area contributed by atoms with Crippen LogP contribution in [-0.4, -0.2) is 0 Å². The molecule has 0 atom stereocenters. The lowest BCUT2D eigenvalue weighted by atomic mass is 9.97. The van der Waals surface area contributed by atoms with Crippen molar-refractivity contribution in [2.24, 2.45) is 0 Å². The maximum absolute atomic E-state index is 5.98. The summed E-state index contributed by atoms with van der Waals surface area (Å²) in [7, 11) is 0. The van der Waals surface area contributed by atoms with Crippen LogP contribution in [0.1, 0.15) is 11.1 Å². The smallest absolute Gasteiger partial charge is 0.0426 e. The van der Waals surface area contributed by atoms with E-state index in [9.17, 15) is 0 Å². The minimum Gasteiger partial charge on any atom is -0.398 e. The second-order valence-corrected chi connectivity index (χ2v) is 4.49. The molecular formula is C14H14ClN. The second-order valence-electron chi connectivity index (χ2n) is 4.05. The van der Waals surface area contributed by atoms with Crippen LogP contribution in [0.4, 0.5) is 5.69 Å². The van der Waals surface area contributed by atoms with Crippen LogP contribution in [0.2, 0.25) is 5.02 Å². The number of anilines is 1. The number of rotatable bonds is 1. The topological polar surface area (TPSA) is 26.0 Å². The summed E-state index contributed by atoms with van der Waals surface area (Å²) in [5.74, 6) is 0. The third-order valence-electron chi connectivity index (χ3n) is 2.69. The lowest BCUT2D eigenvalue weighted by molar-refractivity contribution is 1.38. The quantitative estimate of drug-likeness (QED) is 0.732. The number of halogens is 1. The molecule has 0 aliphatic carbocycles. The van der Waals surface area contributed by atoms with E-state index in [-0.39, 0.29) is 0 Å². The van der Waals surface area contributed by atoms with Gasteiger partial charge in [0.25, 0.3) is 0 Å². The number of benzene rings is 2. The first-order valence-corrected chi connectivity index (χ1v) is 5.58. The molecule has 2 heteroatoms. The van der Waals surface area contributed by atoms with Gasteiger partial charge in [0, 0.05) is 16.3 Å². The van der Waals surface area contributed by atoms with Gasteiger partial charge in [-0.1, -0.05) is 41.4 Å². The highest BCUT2D eigenvalue weighted by molar-refractivity contribution is 6.31. The molecule has 2 aromatic carbocycles. The van der Waals surface area contributed by atoms with Crippen LogP contribution in [0.15, 0.2) is 36.4 Å². The average Bonchev–Trinajstić information content (AvgIpc) is 2.19. The van der Waals surface area contributed by atoms with Crippen LogP contribution in [0.5, 0.6) is 0 Å². The highest BCUT2D eigenvalue weighted by Crippen LogP contribution is 2.30. The van der Waals surface area contributed by atoms with E-state index in [0.29, 0.717) is 5.02 Å². The van der Waals surface area contributed by atoms with E-state index in [1.165, 1.54) is 16.7 Å². The van der Waals surface area contributed by atoms with E-state index in [1.54, 1.807) is 6.07 Å². The molecule has 2 aromatic rings. The van der Waals surface area contributed by atoms with Gasteiger partial charge >= 0.3 is 0 Å². The molecule has 82 valence electrons. The Morgan fingerprint density at radius 3 is 2.25 bits per heavy atom. The van der Waals surface area contributed by atoms with E-state index < -0.39 is 0 Å². The fourth-order valence-electron chi connectivity index (χ4n) is 1.89. The average molecular weight is 232 g/mol. The first kappa shape index (κ1) is 11.0. The third-order valence-corrected chi connectivity index (χ3v) is 2.92. The van der Waals surface area contributed by atoms with Crippen molar-refractivity contribution in [2.75, 3.05) is 5.73 Å². The molecule has 1 nitrogen and oxygen atoms in total. The van der Waals surface area contributed by atoms with Crippen LogP contribution >= 0.6 is 11.6 Å². The third kappa shape index (κ3) is 2.05. The zero-order valence-electron chi connectivity index (χ0n) is 9.42. The van der Waals surface area contributed by atoms with E-state index in [2.05, 4.69) is 32.0 Å². The highest BCUT2D eigenvalue weighted by atomic mass is 35.5. The van der Waals surface area contributed by atoms with Gasteiger partial charge in [-0.05, 0) is 37.1 Å². The number of hydrogen-bond donors (Lipinski definition) is 1. The summed E-state index contributed by atoms with van der Waals surface area (Å²) in [6.07, 6.45) is 0. The summed E-state index contributed by atoms with van der Waals surface area (Å²) in [5, 5.41) is 0.672. The van der Waals surface area contributed by atoms with Crippen molar-refractivity contribution in [1.82, 2.24) is 0 Å². The lowest BCUT2D eigenvalue weighted by Gasteiger charge is -2.10. The van der Waals surface area contributed by atoms with Gasteiger partial charge < -0.3 is 5.73 Å². The van der Waals surface area contributed by atoms with Gasteiger partial charge in [-0.2, -0.15) is 0 Å². The van der Waals surface area contributed by atoms with Gasteiger partial charge in [0.1, 0.15) is 0 Å². The summed E-state index contributed by atoms with van der Waals surface area (Å²) in [5.41, 5.74) is 11.4. The molecule has 0 saturated carbocycles. The molecule has 0 fully saturated rings. The summed E-state index contributed by atoms with van der Waals surface area (Å²) in [6, 6.07) is 12.0. The molecular weight excluding hydrogens is 218 g/mol. The summed E-state index contributed by atoms with van der Waals surface area (Å²) in [6.45, 7) is 4.18. The second kappa shape index (κ2) is 4.18. The van der Waals surface area contributed by atoms with Gasteiger partial charge in [0.2, 0.25) is 0 Å². The molecule has 0 aliphatic heterocycles. The maximum Gasteiger partial charge on any atom is 0.0426 e. The van der Waals surface area contributed by atoms with Crippen LogP contribution in [0, 0.1) is 13.8 Å². The Bertz CT molecular complexity index is 483. The SMILES string of the molecule is Cc1ccc(-c2ccc(Cl)cc2N)c(C)c1. The Morgan fingerprint density at radius 1 is 0.938 bits per heavy atom. The number of aryl methyl sites for hydroxylation is 2. The molecule has 0 bridgehead atoms. The predicted octanol–water partition coefficient (Wildman–Crippen LogP) is 4.21. The summed E-state index contributed by atoms with van der Waals surface area (Å²) in [4.78, 5) is 0. The van der Waals surface area contributed by atoms with Gasteiger partial charge in [-0.3, -0.25) is 0 Å². The Labute approximate surface area is 101 Å². The van der Waals surface area contributed by atoms with Crippen molar-refractivity contribution < 1.29 is 0 Å². The number of nitrogens with two attached hydrogens (primary N) is 1. The zero-order chi connectivity index (χ0) is 11.7. The van der Waals surface area contributed by atoms with Gasteiger partial charge in [-0.25, -0.2) is 0 Å². The molecule has 0 aliphatic rings. The lowest BCUT2D eigenvalue weighted by Crippen LogP contribution is -1.92. The largest absolute Gasteiger partial charge is 0.398 e. The fourth-order valence-corrected chi connectivity index (χ4v) is 2.08. The Morgan fingerprint density at radius 2 is 1.62 bits per heavy atom. The monoisotopic (exact) mass is 231 g/mol. The van der Waals surface area contributed by atoms with Crippen LogP contribution in [0.25, 0.3) is 11.1 Å². The first-order valence-electron chi connectivity index (χ1n) is 5.20. The molecule has 2 N–H and O–H groups in total. The molecule has 0 amide bonds. The van der Waals surface area contributed by atoms with Gasteiger partial charge in [0.15, 0.2) is 0 Å². The standard InChI is InChI=1S/C14H14ClN/c1-9-3-5-12(10(2)7-9)13-6-4-11(15)8-14(13)16/h3-8H,16H2,1-2H3. The van der Waals surface area contributed by atoms with Crippen LogP contribution < -0.4 is 5.73 Å². The van der Waals surface area contributed by atoms with Crippen molar-refractivity contribution in [2.45, 2.75) is 13.8 Å². The fraction of sp³-hybridized carbons (Fsp3) is 0.143. The number of hydrogen-bond acceptors (Lipinski definition) is 1. The molecule has 16 heavy (non-hydrogen) atoms. The molecule has 2 rings (SSSR count). The van der Waals surface area contributed by atoms with Crippen molar-refractivity contribution in [3.8, 4) is 11.1 Å². The van der Waals surface area contributed by atoms with E-state index >= 15 is 0 Å². The first-order chi connectivity index (χ1) is 7.58. The van der Waals surface area contributed by atoms with Crippen LogP contribution in [0.3, 0.4) is 0 Å². The maximum atomic E-state index is 5.98.